The summed E-state index contributed by atoms with van der Waals surface area (Å²) in [6, 6.07) is 4.09. The van der Waals surface area contributed by atoms with Gasteiger partial charge in [0.1, 0.15) is 0 Å². The zero-order valence-electron chi connectivity index (χ0n) is 12.0. The third-order valence-corrected chi connectivity index (χ3v) is 4.70. The molecule has 1 aliphatic rings. The second-order valence-corrected chi connectivity index (χ2v) is 6.53. The van der Waals surface area contributed by atoms with Gasteiger partial charge in [-0.15, -0.1) is 0 Å². The van der Waals surface area contributed by atoms with E-state index in [1.165, 1.54) is 37.0 Å². The number of hydrogen-bond acceptors (Lipinski definition) is 5. The Hall–Kier alpha value is -0.980. The molecule has 0 aliphatic carbocycles. The molecule has 112 valence electrons. The molecule has 0 saturated carbocycles. The highest BCUT2D eigenvalue weighted by atomic mass is 32.1. The van der Waals surface area contributed by atoms with Gasteiger partial charge in [0, 0.05) is 30.1 Å². The molecular weight excluding hydrogens is 274 g/mol. The van der Waals surface area contributed by atoms with Crippen LogP contribution in [-0.2, 0) is 6.54 Å². The number of hydrogen-bond donors (Lipinski definition) is 1. The molecule has 2 heterocycles. The molecule has 1 N–H and O–H groups in total. The topological polar surface area (TPSA) is 58.4 Å². The molecule has 1 fully saturated rings. The smallest absolute Gasteiger partial charge is 0.313 e. The van der Waals surface area contributed by atoms with Crippen LogP contribution in [0.3, 0.4) is 0 Å². The first-order valence-corrected chi connectivity index (χ1v) is 8.19. The number of nitrogens with zero attached hydrogens (tertiary/aromatic N) is 2. The Morgan fingerprint density at radius 2 is 2.40 bits per heavy atom. The van der Waals surface area contributed by atoms with Crippen LogP contribution in [0.1, 0.15) is 37.5 Å². The fourth-order valence-electron chi connectivity index (χ4n) is 2.61. The first-order valence-electron chi connectivity index (χ1n) is 7.38. The Balaban J connectivity index is 1.92. The van der Waals surface area contributed by atoms with Crippen molar-refractivity contribution in [2.24, 2.45) is 0 Å². The Kier molecular flexibility index (Phi) is 5.94. The molecule has 1 aromatic rings. The van der Waals surface area contributed by atoms with Crippen molar-refractivity contribution in [1.82, 2.24) is 10.2 Å². The quantitative estimate of drug-likeness (QED) is 0.592. The van der Waals surface area contributed by atoms with Crippen LogP contribution in [0, 0.1) is 10.1 Å². The molecule has 0 bridgehead atoms. The number of rotatable bonds is 8. The summed E-state index contributed by atoms with van der Waals surface area (Å²) in [5.41, 5.74) is 0. The van der Waals surface area contributed by atoms with Gasteiger partial charge in [-0.25, -0.2) is 0 Å². The molecule has 6 heteroatoms. The van der Waals surface area contributed by atoms with E-state index in [2.05, 4.69) is 17.1 Å². The number of unbranched alkanes of at least 4 members (excludes halogenated alkanes) is 1. The lowest BCUT2D eigenvalue weighted by molar-refractivity contribution is -0.380. The molecule has 0 radical (unpaired) electrons. The minimum atomic E-state index is -0.303. The van der Waals surface area contributed by atoms with Crippen LogP contribution in [0.5, 0.6) is 0 Å². The summed E-state index contributed by atoms with van der Waals surface area (Å²) in [6.07, 6.45) is 4.86. The van der Waals surface area contributed by atoms with Crippen LogP contribution in [0.2, 0.25) is 0 Å². The molecule has 0 amide bonds. The average Bonchev–Trinajstić information content (AvgIpc) is 3.07. The highest BCUT2D eigenvalue weighted by Crippen LogP contribution is 2.25. The molecule has 1 saturated heterocycles. The van der Waals surface area contributed by atoms with Crippen LogP contribution in [0.4, 0.5) is 5.00 Å². The van der Waals surface area contributed by atoms with Gasteiger partial charge in [-0.2, -0.15) is 0 Å². The van der Waals surface area contributed by atoms with E-state index in [9.17, 15) is 10.1 Å². The molecule has 0 aromatic carbocycles. The summed E-state index contributed by atoms with van der Waals surface area (Å²) in [4.78, 5) is 14.0. The van der Waals surface area contributed by atoms with E-state index < -0.39 is 0 Å². The summed E-state index contributed by atoms with van der Waals surface area (Å²) in [7, 11) is 0. The zero-order valence-corrected chi connectivity index (χ0v) is 12.8. The van der Waals surface area contributed by atoms with E-state index in [0.29, 0.717) is 6.04 Å². The predicted octanol–water partition coefficient (Wildman–Crippen LogP) is 3.01. The molecule has 1 atom stereocenters. The minimum absolute atomic E-state index is 0.245. The van der Waals surface area contributed by atoms with E-state index in [1.807, 2.05) is 6.07 Å². The van der Waals surface area contributed by atoms with Crippen LogP contribution in [-0.4, -0.2) is 35.5 Å². The molecule has 2 rings (SSSR count). The molecule has 1 aliphatic heterocycles. The van der Waals surface area contributed by atoms with Gasteiger partial charge in [-0.05, 0) is 38.4 Å². The summed E-state index contributed by atoms with van der Waals surface area (Å²) < 4.78 is 0. The molecule has 1 unspecified atom stereocenters. The third-order valence-electron chi connectivity index (χ3n) is 3.68. The van der Waals surface area contributed by atoms with Crippen molar-refractivity contribution in [1.29, 1.82) is 0 Å². The third kappa shape index (κ3) is 4.54. The standard InChI is InChI=1S/C14H23N3O2S/c1-2-3-9-16(10-12-5-4-8-15-12)11-13-6-7-14(20-13)17(18)19/h6-7,12,15H,2-5,8-11H2,1H3. The SMILES string of the molecule is CCCCN(Cc1ccc([N+](=O)[O-])s1)CC1CCCN1. The van der Waals surface area contributed by atoms with E-state index in [1.54, 1.807) is 6.07 Å². The van der Waals surface area contributed by atoms with Gasteiger partial charge < -0.3 is 5.32 Å². The van der Waals surface area contributed by atoms with E-state index in [0.717, 1.165) is 31.1 Å². The van der Waals surface area contributed by atoms with Gasteiger partial charge in [0.15, 0.2) is 0 Å². The van der Waals surface area contributed by atoms with Gasteiger partial charge in [-0.3, -0.25) is 15.0 Å². The van der Waals surface area contributed by atoms with Crippen molar-refractivity contribution in [2.75, 3.05) is 19.6 Å². The maximum Gasteiger partial charge on any atom is 0.324 e. The van der Waals surface area contributed by atoms with Crippen LogP contribution >= 0.6 is 11.3 Å². The monoisotopic (exact) mass is 297 g/mol. The Bertz CT molecular complexity index is 430. The molecular formula is C14H23N3O2S. The van der Waals surface area contributed by atoms with Crippen molar-refractivity contribution in [3.8, 4) is 0 Å². The van der Waals surface area contributed by atoms with E-state index in [4.69, 9.17) is 0 Å². The van der Waals surface area contributed by atoms with Gasteiger partial charge in [0.25, 0.3) is 0 Å². The van der Waals surface area contributed by atoms with Gasteiger partial charge >= 0.3 is 5.00 Å². The normalized spacial score (nSPS) is 18.8. The second kappa shape index (κ2) is 7.71. The minimum Gasteiger partial charge on any atom is -0.313 e. The summed E-state index contributed by atoms with van der Waals surface area (Å²) in [5.74, 6) is 0. The van der Waals surface area contributed by atoms with Crippen LogP contribution in [0.15, 0.2) is 12.1 Å². The Labute approximate surface area is 124 Å². The number of nitro groups is 1. The van der Waals surface area contributed by atoms with Crippen molar-refractivity contribution in [3.63, 3.8) is 0 Å². The van der Waals surface area contributed by atoms with Gasteiger partial charge in [-0.1, -0.05) is 24.7 Å². The first-order chi connectivity index (χ1) is 9.69. The number of nitrogens with one attached hydrogen (secondary N) is 1. The molecule has 20 heavy (non-hydrogen) atoms. The second-order valence-electron chi connectivity index (χ2n) is 5.38. The maximum absolute atomic E-state index is 10.7. The summed E-state index contributed by atoms with van der Waals surface area (Å²) >= 11 is 1.30. The Morgan fingerprint density at radius 3 is 3.00 bits per heavy atom. The molecule has 5 nitrogen and oxygen atoms in total. The lowest BCUT2D eigenvalue weighted by atomic mass is 10.2. The fourth-order valence-corrected chi connectivity index (χ4v) is 3.47. The van der Waals surface area contributed by atoms with Gasteiger partial charge in [0.05, 0.1) is 4.92 Å². The van der Waals surface area contributed by atoms with E-state index >= 15 is 0 Å². The average molecular weight is 297 g/mol. The van der Waals surface area contributed by atoms with Crippen LogP contribution in [0.25, 0.3) is 0 Å². The molecule has 0 spiro atoms. The van der Waals surface area contributed by atoms with E-state index in [-0.39, 0.29) is 9.92 Å². The first kappa shape index (κ1) is 15.4. The molecule has 1 aromatic heterocycles. The predicted molar refractivity (Wildman–Crippen MR) is 82.2 cm³/mol. The maximum atomic E-state index is 10.7. The fraction of sp³-hybridized carbons (Fsp3) is 0.714. The summed E-state index contributed by atoms with van der Waals surface area (Å²) in [5, 5.41) is 14.5. The van der Waals surface area contributed by atoms with Gasteiger partial charge in [0.2, 0.25) is 0 Å². The highest BCUT2D eigenvalue weighted by molar-refractivity contribution is 7.15. The van der Waals surface area contributed by atoms with Crippen LogP contribution < -0.4 is 5.32 Å². The number of thiophene rings is 1. The van der Waals surface area contributed by atoms with Crippen molar-refractivity contribution in [2.45, 2.75) is 45.2 Å². The highest BCUT2D eigenvalue weighted by Gasteiger charge is 2.19. The largest absolute Gasteiger partial charge is 0.324 e. The Morgan fingerprint density at radius 1 is 1.55 bits per heavy atom. The summed E-state index contributed by atoms with van der Waals surface area (Å²) in [6.45, 7) is 6.27. The zero-order chi connectivity index (χ0) is 14.4. The van der Waals surface area contributed by atoms with Crippen molar-refractivity contribution >= 4 is 16.3 Å². The lowest BCUT2D eigenvalue weighted by Crippen LogP contribution is -2.37. The van der Waals surface area contributed by atoms with Crippen molar-refractivity contribution < 1.29 is 4.92 Å². The van der Waals surface area contributed by atoms with Crippen molar-refractivity contribution in [3.05, 3.63) is 27.1 Å². The lowest BCUT2D eigenvalue weighted by Gasteiger charge is -2.25.